The molecule has 3 nitrogen and oxygen atoms in total. The van der Waals surface area contributed by atoms with Gasteiger partial charge >= 0.3 is 5.97 Å². The van der Waals surface area contributed by atoms with Crippen LogP contribution in [0.2, 0.25) is 0 Å². The molecule has 0 saturated carbocycles. The van der Waals surface area contributed by atoms with Crippen molar-refractivity contribution in [3.63, 3.8) is 0 Å². The van der Waals surface area contributed by atoms with Gasteiger partial charge in [-0.15, -0.1) is 0 Å². The standard InChI is InChI=1S/C10H13NO2/c1-4-13-10(12)9(7-11)6-5-8(2)3/h5-6H,4H2,1-3H3. The van der Waals surface area contributed by atoms with E-state index in [1.807, 2.05) is 13.8 Å². The van der Waals surface area contributed by atoms with Gasteiger partial charge in [-0.25, -0.2) is 4.79 Å². The number of carbonyl (C=O) groups is 1. The lowest BCUT2D eigenvalue weighted by atomic mass is 10.2. The van der Waals surface area contributed by atoms with Crippen molar-refractivity contribution in [1.82, 2.24) is 0 Å². The van der Waals surface area contributed by atoms with Crippen molar-refractivity contribution in [3.8, 4) is 6.07 Å². The number of ether oxygens (including phenoxy) is 1. The van der Waals surface area contributed by atoms with Gasteiger partial charge in [0.2, 0.25) is 0 Å². The summed E-state index contributed by atoms with van der Waals surface area (Å²) in [5, 5.41) is 8.59. The zero-order valence-electron chi connectivity index (χ0n) is 8.13. The van der Waals surface area contributed by atoms with Crippen molar-refractivity contribution in [2.45, 2.75) is 20.8 Å². The molecule has 0 aliphatic rings. The molecule has 0 fully saturated rings. The van der Waals surface area contributed by atoms with Gasteiger partial charge in [-0.05, 0) is 26.8 Å². The third kappa shape index (κ3) is 4.81. The van der Waals surface area contributed by atoms with Gasteiger partial charge in [0.25, 0.3) is 0 Å². The Morgan fingerprint density at radius 1 is 1.46 bits per heavy atom. The predicted octanol–water partition coefficient (Wildman–Crippen LogP) is 1.97. The molecule has 0 atom stereocenters. The van der Waals surface area contributed by atoms with Crippen LogP contribution in [0.25, 0.3) is 0 Å². The highest BCUT2D eigenvalue weighted by molar-refractivity contribution is 5.93. The maximum atomic E-state index is 11.0. The van der Waals surface area contributed by atoms with E-state index in [9.17, 15) is 4.79 Å². The number of nitriles is 1. The molecule has 70 valence electrons. The molecular weight excluding hydrogens is 166 g/mol. The maximum Gasteiger partial charge on any atom is 0.348 e. The van der Waals surface area contributed by atoms with Crippen molar-refractivity contribution in [1.29, 1.82) is 5.26 Å². The smallest absolute Gasteiger partial charge is 0.348 e. The van der Waals surface area contributed by atoms with E-state index in [0.29, 0.717) is 0 Å². The molecule has 0 radical (unpaired) electrons. The summed E-state index contributed by atoms with van der Waals surface area (Å²) >= 11 is 0. The molecule has 0 aromatic heterocycles. The van der Waals surface area contributed by atoms with Crippen molar-refractivity contribution < 1.29 is 9.53 Å². The molecular formula is C10H13NO2. The van der Waals surface area contributed by atoms with E-state index in [1.54, 1.807) is 19.1 Å². The van der Waals surface area contributed by atoms with Crippen LogP contribution in [0.4, 0.5) is 0 Å². The highest BCUT2D eigenvalue weighted by Crippen LogP contribution is 1.99. The van der Waals surface area contributed by atoms with Crippen LogP contribution >= 0.6 is 0 Å². The first-order valence-electron chi connectivity index (χ1n) is 4.04. The van der Waals surface area contributed by atoms with Crippen LogP contribution in [-0.2, 0) is 9.53 Å². The number of rotatable bonds is 3. The van der Waals surface area contributed by atoms with Crippen LogP contribution < -0.4 is 0 Å². The molecule has 0 amide bonds. The lowest BCUT2D eigenvalue weighted by Crippen LogP contribution is -2.05. The summed E-state index contributed by atoms with van der Waals surface area (Å²) < 4.78 is 4.67. The Morgan fingerprint density at radius 2 is 2.08 bits per heavy atom. The fraction of sp³-hybridized carbons (Fsp3) is 0.400. The summed E-state index contributed by atoms with van der Waals surface area (Å²) in [7, 11) is 0. The zero-order valence-corrected chi connectivity index (χ0v) is 8.13. The summed E-state index contributed by atoms with van der Waals surface area (Å²) in [5.41, 5.74) is 1.06. The van der Waals surface area contributed by atoms with E-state index in [-0.39, 0.29) is 12.2 Å². The van der Waals surface area contributed by atoms with Crippen LogP contribution in [0.3, 0.4) is 0 Å². The number of hydrogen-bond donors (Lipinski definition) is 0. The Morgan fingerprint density at radius 3 is 2.46 bits per heavy atom. The van der Waals surface area contributed by atoms with Crippen molar-refractivity contribution >= 4 is 5.97 Å². The van der Waals surface area contributed by atoms with E-state index in [4.69, 9.17) is 5.26 Å². The van der Waals surface area contributed by atoms with E-state index >= 15 is 0 Å². The zero-order chi connectivity index (χ0) is 10.3. The van der Waals surface area contributed by atoms with E-state index < -0.39 is 5.97 Å². The molecule has 0 heterocycles. The minimum absolute atomic E-state index is 0.0306. The van der Waals surface area contributed by atoms with Gasteiger partial charge in [0.05, 0.1) is 6.61 Å². The second-order valence-electron chi connectivity index (χ2n) is 2.66. The first-order valence-corrected chi connectivity index (χ1v) is 4.04. The van der Waals surface area contributed by atoms with Crippen molar-refractivity contribution in [2.75, 3.05) is 6.61 Å². The Kier molecular flexibility index (Phi) is 5.29. The largest absolute Gasteiger partial charge is 0.462 e. The van der Waals surface area contributed by atoms with Crippen LogP contribution in [0.15, 0.2) is 23.3 Å². The fourth-order valence-corrected chi connectivity index (χ4v) is 0.610. The monoisotopic (exact) mass is 179 g/mol. The third-order valence-electron chi connectivity index (χ3n) is 1.20. The van der Waals surface area contributed by atoms with E-state index in [2.05, 4.69) is 4.74 Å². The normalized spacial score (nSPS) is 10.2. The molecule has 0 saturated heterocycles. The second kappa shape index (κ2) is 6.01. The van der Waals surface area contributed by atoms with Gasteiger partial charge < -0.3 is 4.74 Å². The van der Waals surface area contributed by atoms with Crippen molar-refractivity contribution in [3.05, 3.63) is 23.3 Å². The first kappa shape index (κ1) is 11.4. The highest BCUT2D eigenvalue weighted by atomic mass is 16.5. The van der Waals surface area contributed by atoms with E-state index in [0.717, 1.165) is 5.57 Å². The molecule has 0 rings (SSSR count). The summed E-state index contributed by atoms with van der Waals surface area (Å²) in [6.07, 6.45) is 3.17. The number of carbonyl (C=O) groups excluding carboxylic acids is 1. The summed E-state index contributed by atoms with van der Waals surface area (Å²) in [6.45, 7) is 5.76. The molecule has 3 heteroatoms. The van der Waals surface area contributed by atoms with Gasteiger partial charge in [0.15, 0.2) is 0 Å². The Balaban J connectivity index is 4.53. The van der Waals surface area contributed by atoms with Gasteiger partial charge in [-0.2, -0.15) is 5.26 Å². The van der Waals surface area contributed by atoms with Crippen LogP contribution in [0, 0.1) is 11.3 Å². The minimum Gasteiger partial charge on any atom is -0.462 e. The molecule has 0 bridgehead atoms. The molecule has 0 aliphatic heterocycles. The topological polar surface area (TPSA) is 50.1 Å². The minimum atomic E-state index is -0.567. The fourth-order valence-electron chi connectivity index (χ4n) is 0.610. The Hall–Kier alpha value is -1.56. The molecule has 0 spiro atoms. The average Bonchev–Trinajstić information content (AvgIpc) is 2.05. The van der Waals surface area contributed by atoms with Gasteiger partial charge in [-0.3, -0.25) is 0 Å². The SMILES string of the molecule is CCOC(=O)C(C#N)=CC=C(C)C. The van der Waals surface area contributed by atoms with Gasteiger partial charge in [-0.1, -0.05) is 11.6 Å². The molecule has 0 aliphatic carbocycles. The molecule has 0 aromatic carbocycles. The quantitative estimate of drug-likeness (QED) is 0.288. The predicted molar refractivity (Wildman–Crippen MR) is 49.8 cm³/mol. The Bertz CT molecular complexity index is 278. The maximum absolute atomic E-state index is 11.0. The molecule has 13 heavy (non-hydrogen) atoms. The van der Waals surface area contributed by atoms with Crippen LogP contribution in [0.1, 0.15) is 20.8 Å². The number of esters is 1. The highest BCUT2D eigenvalue weighted by Gasteiger charge is 2.07. The second-order valence-corrected chi connectivity index (χ2v) is 2.66. The lowest BCUT2D eigenvalue weighted by molar-refractivity contribution is -0.138. The third-order valence-corrected chi connectivity index (χ3v) is 1.20. The number of allylic oxidation sites excluding steroid dienone is 3. The lowest BCUT2D eigenvalue weighted by Gasteiger charge is -1.97. The van der Waals surface area contributed by atoms with Gasteiger partial charge in [0, 0.05) is 0 Å². The molecule has 0 aromatic rings. The van der Waals surface area contributed by atoms with Gasteiger partial charge in [0.1, 0.15) is 11.6 Å². The van der Waals surface area contributed by atoms with Crippen LogP contribution in [0.5, 0.6) is 0 Å². The Labute approximate surface area is 78.3 Å². The number of nitrogens with zero attached hydrogens (tertiary/aromatic N) is 1. The van der Waals surface area contributed by atoms with E-state index in [1.165, 1.54) is 6.08 Å². The summed E-state index contributed by atoms with van der Waals surface area (Å²) in [6, 6.07) is 1.78. The van der Waals surface area contributed by atoms with Crippen molar-refractivity contribution in [2.24, 2.45) is 0 Å². The molecule has 0 unspecified atom stereocenters. The summed E-state index contributed by atoms with van der Waals surface area (Å²) in [4.78, 5) is 11.0. The first-order chi connectivity index (χ1) is 6.11. The average molecular weight is 179 g/mol. The summed E-state index contributed by atoms with van der Waals surface area (Å²) in [5.74, 6) is -0.567. The molecule has 0 N–H and O–H groups in total. The van der Waals surface area contributed by atoms with Crippen LogP contribution in [-0.4, -0.2) is 12.6 Å². The number of hydrogen-bond acceptors (Lipinski definition) is 3.